The molecule has 1 aromatic carbocycles. The highest BCUT2D eigenvalue weighted by atomic mass is 32.1. The molecule has 0 bridgehead atoms. The van der Waals surface area contributed by atoms with Gasteiger partial charge in [0.05, 0.1) is 30.0 Å². The summed E-state index contributed by atoms with van der Waals surface area (Å²) in [5.41, 5.74) is 4.16. The standard InChI is InChI=1S/C27H33N5O3S/c1-17-14-32(15-18(2)35-17)22-8-6-7-19(10-22)23-16-36-26(30-23)31-24(33)13-29-25(34)20-9-21(12-28-11-20)27(3,4)5/h6-12,16-18H,13-15H2,1-5H3,(H,29,34)(H,30,31,33)/t17-,18+. The van der Waals surface area contributed by atoms with Crippen LogP contribution in [0.3, 0.4) is 0 Å². The van der Waals surface area contributed by atoms with Gasteiger partial charge in [-0.25, -0.2) is 4.98 Å². The molecule has 1 aliphatic rings. The number of morpholine rings is 1. The minimum atomic E-state index is -0.341. The summed E-state index contributed by atoms with van der Waals surface area (Å²) in [4.78, 5) is 36.0. The summed E-state index contributed by atoms with van der Waals surface area (Å²) in [6, 6.07) is 10.0. The highest BCUT2D eigenvalue weighted by Crippen LogP contribution is 2.29. The van der Waals surface area contributed by atoms with Crippen LogP contribution in [0.25, 0.3) is 11.3 Å². The van der Waals surface area contributed by atoms with Crippen molar-refractivity contribution in [3.8, 4) is 11.3 Å². The maximum Gasteiger partial charge on any atom is 0.253 e. The van der Waals surface area contributed by atoms with E-state index in [1.165, 1.54) is 17.5 Å². The fourth-order valence-corrected chi connectivity index (χ4v) is 4.85. The Balaban J connectivity index is 1.35. The number of hydrogen-bond donors (Lipinski definition) is 2. The molecule has 3 heterocycles. The summed E-state index contributed by atoms with van der Waals surface area (Å²) in [6.07, 6.45) is 3.61. The lowest BCUT2D eigenvalue weighted by molar-refractivity contribution is -0.115. The van der Waals surface area contributed by atoms with Crippen molar-refractivity contribution in [2.45, 2.75) is 52.2 Å². The first kappa shape index (κ1) is 25.8. The molecule has 0 spiro atoms. The number of aromatic nitrogens is 2. The van der Waals surface area contributed by atoms with Gasteiger partial charge >= 0.3 is 0 Å². The quantitative estimate of drug-likeness (QED) is 0.511. The molecule has 36 heavy (non-hydrogen) atoms. The summed E-state index contributed by atoms with van der Waals surface area (Å²) < 4.78 is 5.85. The molecule has 1 aliphatic heterocycles. The van der Waals surface area contributed by atoms with Crippen LogP contribution in [-0.2, 0) is 14.9 Å². The van der Waals surface area contributed by atoms with Crippen LogP contribution in [0.15, 0.2) is 48.1 Å². The van der Waals surface area contributed by atoms with Gasteiger partial charge in [-0.2, -0.15) is 0 Å². The smallest absolute Gasteiger partial charge is 0.253 e. The van der Waals surface area contributed by atoms with Gasteiger partial charge in [-0.05, 0) is 43.0 Å². The van der Waals surface area contributed by atoms with Crippen molar-refractivity contribution in [3.05, 3.63) is 59.2 Å². The average molecular weight is 508 g/mol. The highest BCUT2D eigenvalue weighted by molar-refractivity contribution is 7.14. The van der Waals surface area contributed by atoms with E-state index in [0.717, 1.165) is 35.6 Å². The molecule has 2 atom stereocenters. The number of ether oxygens (including phenoxy) is 1. The van der Waals surface area contributed by atoms with Gasteiger partial charge in [0, 0.05) is 42.1 Å². The maximum absolute atomic E-state index is 12.5. The van der Waals surface area contributed by atoms with Crippen LogP contribution >= 0.6 is 11.3 Å². The van der Waals surface area contributed by atoms with Gasteiger partial charge in [-0.3, -0.25) is 14.6 Å². The first-order valence-electron chi connectivity index (χ1n) is 12.1. The minimum Gasteiger partial charge on any atom is -0.372 e. The second-order valence-electron chi connectivity index (χ2n) is 10.2. The first-order valence-corrected chi connectivity index (χ1v) is 13.0. The van der Waals surface area contributed by atoms with E-state index in [1.807, 2.05) is 17.5 Å². The number of pyridine rings is 1. The van der Waals surface area contributed by atoms with Crippen LogP contribution in [0.2, 0.25) is 0 Å². The zero-order valence-electron chi connectivity index (χ0n) is 21.4. The Hall–Kier alpha value is -3.30. The van der Waals surface area contributed by atoms with Crippen molar-refractivity contribution >= 4 is 34.0 Å². The molecular formula is C27H33N5O3S. The van der Waals surface area contributed by atoms with Crippen LogP contribution in [0, 0.1) is 0 Å². The Labute approximate surface area is 216 Å². The number of carbonyl (C=O) groups is 2. The lowest BCUT2D eigenvalue weighted by Crippen LogP contribution is -2.45. The van der Waals surface area contributed by atoms with E-state index in [2.05, 4.69) is 72.3 Å². The number of rotatable bonds is 6. The van der Waals surface area contributed by atoms with Crippen LogP contribution in [-0.4, -0.2) is 53.6 Å². The van der Waals surface area contributed by atoms with E-state index in [-0.39, 0.29) is 36.0 Å². The van der Waals surface area contributed by atoms with E-state index in [4.69, 9.17) is 4.74 Å². The minimum absolute atomic E-state index is 0.123. The number of amides is 2. The van der Waals surface area contributed by atoms with Crippen molar-refractivity contribution < 1.29 is 14.3 Å². The Morgan fingerprint density at radius 3 is 2.61 bits per heavy atom. The monoisotopic (exact) mass is 507 g/mol. The zero-order valence-corrected chi connectivity index (χ0v) is 22.2. The number of nitrogens with one attached hydrogen (secondary N) is 2. The fraction of sp³-hybridized carbons (Fsp3) is 0.407. The molecule has 0 unspecified atom stereocenters. The Morgan fingerprint density at radius 2 is 1.89 bits per heavy atom. The van der Waals surface area contributed by atoms with Gasteiger partial charge in [0.15, 0.2) is 5.13 Å². The average Bonchev–Trinajstić information content (AvgIpc) is 3.30. The predicted octanol–water partition coefficient (Wildman–Crippen LogP) is 4.48. The third kappa shape index (κ3) is 6.47. The van der Waals surface area contributed by atoms with E-state index >= 15 is 0 Å². The molecule has 8 nitrogen and oxygen atoms in total. The molecule has 0 saturated carbocycles. The first-order chi connectivity index (χ1) is 17.1. The lowest BCUT2D eigenvalue weighted by Gasteiger charge is -2.37. The third-order valence-corrected chi connectivity index (χ3v) is 6.71. The molecule has 4 rings (SSSR count). The summed E-state index contributed by atoms with van der Waals surface area (Å²) >= 11 is 1.35. The van der Waals surface area contributed by atoms with Gasteiger partial charge in [0.25, 0.3) is 5.91 Å². The number of thiazole rings is 1. The van der Waals surface area contributed by atoms with Gasteiger partial charge < -0.3 is 20.3 Å². The zero-order chi connectivity index (χ0) is 25.9. The van der Waals surface area contributed by atoms with Crippen molar-refractivity contribution in [1.29, 1.82) is 0 Å². The van der Waals surface area contributed by atoms with Crippen LogP contribution in [0.4, 0.5) is 10.8 Å². The molecule has 2 N–H and O–H groups in total. The van der Waals surface area contributed by atoms with Crippen LogP contribution in [0.1, 0.15) is 50.5 Å². The van der Waals surface area contributed by atoms with Crippen molar-refractivity contribution in [1.82, 2.24) is 15.3 Å². The summed E-state index contributed by atoms with van der Waals surface area (Å²) in [6.45, 7) is 11.9. The summed E-state index contributed by atoms with van der Waals surface area (Å²) in [5.74, 6) is -0.679. The van der Waals surface area contributed by atoms with Crippen molar-refractivity contribution in [3.63, 3.8) is 0 Å². The second-order valence-corrected chi connectivity index (χ2v) is 11.1. The molecular weight excluding hydrogens is 474 g/mol. The number of hydrogen-bond acceptors (Lipinski definition) is 7. The molecule has 0 radical (unpaired) electrons. The molecule has 0 aliphatic carbocycles. The highest BCUT2D eigenvalue weighted by Gasteiger charge is 2.23. The van der Waals surface area contributed by atoms with Gasteiger partial charge in [0.2, 0.25) is 5.91 Å². The van der Waals surface area contributed by atoms with Gasteiger partial charge in [-0.15, -0.1) is 11.3 Å². The topological polar surface area (TPSA) is 96.5 Å². The predicted molar refractivity (Wildman–Crippen MR) is 144 cm³/mol. The SMILES string of the molecule is C[C@@H]1CN(c2cccc(-c3csc(NC(=O)CNC(=O)c4cncc(C(C)(C)C)c4)n3)c2)C[C@H](C)O1. The fourth-order valence-electron chi connectivity index (χ4n) is 4.11. The summed E-state index contributed by atoms with van der Waals surface area (Å²) in [7, 11) is 0. The Kier molecular flexibility index (Phi) is 7.70. The lowest BCUT2D eigenvalue weighted by atomic mass is 9.87. The molecule has 1 saturated heterocycles. The van der Waals surface area contributed by atoms with Crippen molar-refractivity contribution in [2.75, 3.05) is 29.9 Å². The molecule has 3 aromatic rings. The number of anilines is 2. The molecule has 190 valence electrons. The molecule has 2 amide bonds. The van der Waals surface area contributed by atoms with Gasteiger partial charge in [0.1, 0.15) is 0 Å². The Bertz CT molecular complexity index is 1230. The second kappa shape index (κ2) is 10.8. The van der Waals surface area contributed by atoms with E-state index < -0.39 is 0 Å². The van der Waals surface area contributed by atoms with E-state index in [0.29, 0.717) is 10.7 Å². The number of benzene rings is 1. The van der Waals surface area contributed by atoms with Gasteiger partial charge in [-0.1, -0.05) is 32.9 Å². The molecule has 2 aromatic heterocycles. The van der Waals surface area contributed by atoms with Crippen LogP contribution < -0.4 is 15.5 Å². The van der Waals surface area contributed by atoms with E-state index in [1.54, 1.807) is 12.3 Å². The Morgan fingerprint density at radius 1 is 1.14 bits per heavy atom. The third-order valence-electron chi connectivity index (χ3n) is 5.95. The number of nitrogens with zero attached hydrogens (tertiary/aromatic N) is 3. The van der Waals surface area contributed by atoms with E-state index in [9.17, 15) is 9.59 Å². The van der Waals surface area contributed by atoms with Crippen molar-refractivity contribution in [2.24, 2.45) is 0 Å². The largest absolute Gasteiger partial charge is 0.372 e. The van der Waals surface area contributed by atoms with Crippen LogP contribution in [0.5, 0.6) is 0 Å². The number of carbonyl (C=O) groups excluding carboxylic acids is 2. The molecule has 1 fully saturated rings. The summed E-state index contributed by atoms with van der Waals surface area (Å²) in [5, 5.41) is 7.84. The maximum atomic E-state index is 12.5. The molecule has 9 heteroatoms. The normalized spacial score (nSPS) is 18.1.